The van der Waals surface area contributed by atoms with Crippen molar-refractivity contribution in [2.75, 3.05) is 18.4 Å². The van der Waals surface area contributed by atoms with Crippen LogP contribution in [0.5, 0.6) is 0 Å². The van der Waals surface area contributed by atoms with Crippen LogP contribution in [0.1, 0.15) is 42.2 Å². The number of rotatable bonds is 8. The fourth-order valence-electron chi connectivity index (χ4n) is 2.26. The van der Waals surface area contributed by atoms with Crippen LogP contribution < -0.4 is 10.6 Å². The molecule has 0 spiro atoms. The number of hydrogen-bond donors (Lipinski definition) is 2. The van der Waals surface area contributed by atoms with Gasteiger partial charge in [-0.05, 0) is 25.0 Å². The summed E-state index contributed by atoms with van der Waals surface area (Å²) in [5.41, 5.74) is 0.488. The SMILES string of the molecule is CCCNC(=O)c1csc(CN(CCC)C(=O)Nc2ccccc2F)n1. The average Bonchev–Trinajstić information content (AvgIpc) is 3.10. The topological polar surface area (TPSA) is 74.3 Å². The molecule has 0 saturated carbocycles. The van der Waals surface area contributed by atoms with Crippen LogP contribution in [0.15, 0.2) is 29.6 Å². The van der Waals surface area contributed by atoms with Crippen LogP contribution in [0.25, 0.3) is 0 Å². The monoisotopic (exact) mass is 378 g/mol. The first kappa shape index (κ1) is 19.8. The van der Waals surface area contributed by atoms with Gasteiger partial charge in [-0.2, -0.15) is 0 Å². The molecule has 0 unspecified atom stereocenters. The number of nitrogens with one attached hydrogen (secondary N) is 2. The summed E-state index contributed by atoms with van der Waals surface area (Å²) in [6, 6.07) is 5.63. The van der Waals surface area contributed by atoms with Gasteiger partial charge in [0.05, 0.1) is 12.2 Å². The van der Waals surface area contributed by atoms with Crippen molar-refractivity contribution in [3.8, 4) is 0 Å². The molecular weight excluding hydrogens is 355 g/mol. The summed E-state index contributed by atoms with van der Waals surface area (Å²) in [6.45, 7) is 5.29. The number of benzene rings is 1. The highest BCUT2D eigenvalue weighted by Crippen LogP contribution is 2.16. The van der Waals surface area contributed by atoms with E-state index in [9.17, 15) is 14.0 Å². The van der Waals surface area contributed by atoms with Crippen LogP contribution in [-0.4, -0.2) is 34.9 Å². The van der Waals surface area contributed by atoms with Gasteiger partial charge in [-0.25, -0.2) is 14.2 Å². The molecule has 0 saturated heterocycles. The lowest BCUT2D eigenvalue weighted by Crippen LogP contribution is -2.35. The number of halogens is 1. The third kappa shape index (κ3) is 5.52. The number of nitrogens with zero attached hydrogens (tertiary/aromatic N) is 2. The van der Waals surface area contributed by atoms with Crippen molar-refractivity contribution >= 4 is 29.0 Å². The molecule has 140 valence electrons. The van der Waals surface area contributed by atoms with Crippen LogP contribution in [0.3, 0.4) is 0 Å². The molecule has 1 aromatic heterocycles. The Hall–Kier alpha value is -2.48. The lowest BCUT2D eigenvalue weighted by atomic mass is 10.3. The summed E-state index contributed by atoms with van der Waals surface area (Å²) in [5, 5.41) is 7.69. The second-order valence-corrected chi connectivity index (χ2v) is 6.66. The summed E-state index contributed by atoms with van der Waals surface area (Å²) >= 11 is 1.32. The normalized spacial score (nSPS) is 10.4. The van der Waals surface area contributed by atoms with E-state index in [4.69, 9.17) is 0 Å². The average molecular weight is 378 g/mol. The van der Waals surface area contributed by atoms with Gasteiger partial charge < -0.3 is 15.5 Å². The number of carbonyl (C=O) groups excluding carboxylic acids is 2. The summed E-state index contributed by atoms with van der Waals surface area (Å²) in [4.78, 5) is 30.3. The maximum atomic E-state index is 13.7. The minimum Gasteiger partial charge on any atom is -0.351 e. The first-order valence-corrected chi connectivity index (χ1v) is 9.46. The Balaban J connectivity index is 2.03. The third-order valence-corrected chi connectivity index (χ3v) is 4.38. The molecule has 1 aromatic carbocycles. The van der Waals surface area contributed by atoms with Crippen molar-refractivity contribution in [2.24, 2.45) is 0 Å². The van der Waals surface area contributed by atoms with Crippen molar-refractivity contribution < 1.29 is 14.0 Å². The third-order valence-electron chi connectivity index (χ3n) is 3.54. The maximum absolute atomic E-state index is 13.7. The van der Waals surface area contributed by atoms with Crippen molar-refractivity contribution in [1.29, 1.82) is 0 Å². The van der Waals surface area contributed by atoms with Gasteiger partial charge in [-0.15, -0.1) is 11.3 Å². The largest absolute Gasteiger partial charge is 0.351 e. The predicted molar refractivity (Wildman–Crippen MR) is 101 cm³/mol. The summed E-state index contributed by atoms with van der Waals surface area (Å²) in [5.74, 6) is -0.700. The minimum atomic E-state index is -0.485. The highest BCUT2D eigenvalue weighted by molar-refractivity contribution is 7.09. The van der Waals surface area contributed by atoms with Gasteiger partial charge in [0.15, 0.2) is 0 Å². The van der Waals surface area contributed by atoms with Crippen LogP contribution in [0.4, 0.5) is 14.9 Å². The summed E-state index contributed by atoms with van der Waals surface area (Å²) < 4.78 is 13.7. The van der Waals surface area contributed by atoms with E-state index in [0.29, 0.717) is 23.8 Å². The molecule has 8 heteroatoms. The first-order valence-electron chi connectivity index (χ1n) is 8.58. The number of aromatic nitrogens is 1. The fraction of sp³-hybridized carbons (Fsp3) is 0.389. The van der Waals surface area contributed by atoms with Crippen molar-refractivity contribution in [3.05, 3.63) is 46.2 Å². The summed E-state index contributed by atoms with van der Waals surface area (Å²) in [6.07, 6.45) is 1.60. The molecule has 2 rings (SSSR count). The first-order chi connectivity index (χ1) is 12.5. The van der Waals surface area contributed by atoms with Crippen LogP contribution >= 0.6 is 11.3 Å². The van der Waals surface area contributed by atoms with Gasteiger partial charge in [-0.3, -0.25) is 4.79 Å². The van der Waals surface area contributed by atoms with Crippen LogP contribution in [0, 0.1) is 5.82 Å². The quantitative estimate of drug-likeness (QED) is 0.732. The number of para-hydroxylation sites is 1. The van der Waals surface area contributed by atoms with E-state index < -0.39 is 11.8 Å². The Morgan fingerprint density at radius 3 is 2.69 bits per heavy atom. The molecule has 6 nitrogen and oxygen atoms in total. The lowest BCUT2D eigenvalue weighted by molar-refractivity contribution is 0.0949. The zero-order valence-corrected chi connectivity index (χ0v) is 15.7. The Morgan fingerprint density at radius 2 is 2.00 bits per heavy atom. The lowest BCUT2D eigenvalue weighted by Gasteiger charge is -2.21. The van der Waals surface area contributed by atoms with E-state index in [2.05, 4.69) is 15.6 Å². The van der Waals surface area contributed by atoms with E-state index in [0.717, 1.165) is 12.8 Å². The molecule has 0 radical (unpaired) electrons. The zero-order chi connectivity index (χ0) is 18.9. The van der Waals surface area contributed by atoms with Gasteiger partial charge >= 0.3 is 6.03 Å². The van der Waals surface area contributed by atoms with Crippen LogP contribution in [0.2, 0.25) is 0 Å². The minimum absolute atomic E-state index is 0.136. The highest BCUT2D eigenvalue weighted by atomic mass is 32.1. The molecule has 2 aromatic rings. The maximum Gasteiger partial charge on any atom is 0.322 e. The van der Waals surface area contributed by atoms with E-state index in [1.807, 2.05) is 13.8 Å². The molecule has 0 aliphatic carbocycles. The molecule has 1 heterocycles. The van der Waals surface area contributed by atoms with Gasteiger partial charge in [0.2, 0.25) is 0 Å². The standard InChI is InChI=1S/C18H23FN4O2S/c1-3-9-20-17(24)15-12-26-16(21-15)11-23(10-4-2)18(25)22-14-8-6-5-7-13(14)19/h5-8,12H,3-4,9-11H2,1-2H3,(H,20,24)(H,22,25). The fourth-order valence-corrected chi connectivity index (χ4v) is 3.05. The molecule has 0 atom stereocenters. The zero-order valence-electron chi connectivity index (χ0n) is 14.9. The number of anilines is 1. The molecule has 0 aliphatic heterocycles. The van der Waals surface area contributed by atoms with E-state index in [1.54, 1.807) is 22.4 Å². The number of urea groups is 1. The summed E-state index contributed by atoms with van der Waals surface area (Å²) in [7, 11) is 0. The van der Waals surface area contributed by atoms with Crippen molar-refractivity contribution in [2.45, 2.75) is 33.2 Å². The molecule has 26 heavy (non-hydrogen) atoms. The Kier molecular flexibility index (Phi) is 7.53. The number of thiazole rings is 1. The number of amides is 3. The van der Waals surface area contributed by atoms with Crippen molar-refractivity contribution in [1.82, 2.24) is 15.2 Å². The molecule has 2 N–H and O–H groups in total. The highest BCUT2D eigenvalue weighted by Gasteiger charge is 2.18. The predicted octanol–water partition coefficient (Wildman–Crippen LogP) is 3.87. The van der Waals surface area contributed by atoms with Gasteiger partial charge in [-0.1, -0.05) is 26.0 Å². The smallest absolute Gasteiger partial charge is 0.322 e. The number of hydrogen-bond acceptors (Lipinski definition) is 4. The molecule has 3 amide bonds. The number of carbonyl (C=O) groups is 2. The van der Waals surface area contributed by atoms with Gasteiger partial charge in [0, 0.05) is 18.5 Å². The van der Waals surface area contributed by atoms with Gasteiger partial charge in [0.25, 0.3) is 5.91 Å². The molecule has 0 bridgehead atoms. The van der Waals surface area contributed by atoms with E-state index in [-0.39, 0.29) is 18.1 Å². The Labute approximate surface area is 156 Å². The van der Waals surface area contributed by atoms with Gasteiger partial charge in [0.1, 0.15) is 16.5 Å². The van der Waals surface area contributed by atoms with Crippen molar-refractivity contribution in [3.63, 3.8) is 0 Å². The molecule has 0 fully saturated rings. The second kappa shape index (κ2) is 9.86. The second-order valence-electron chi connectivity index (χ2n) is 5.71. The van der Waals surface area contributed by atoms with E-state index >= 15 is 0 Å². The van der Waals surface area contributed by atoms with Crippen LogP contribution in [-0.2, 0) is 6.54 Å². The molecular formula is C18H23FN4O2S. The Morgan fingerprint density at radius 1 is 1.23 bits per heavy atom. The molecule has 0 aliphatic rings. The Bertz CT molecular complexity index is 750. The van der Waals surface area contributed by atoms with E-state index in [1.165, 1.54) is 23.5 Å².